The number of piperidine rings is 1. The van der Waals surface area contributed by atoms with E-state index in [0.717, 1.165) is 25.4 Å². The molecule has 4 nitrogen and oxygen atoms in total. The van der Waals surface area contributed by atoms with Gasteiger partial charge >= 0.3 is 0 Å². The molecule has 1 saturated heterocycles. The Hall–Kier alpha value is -1.81. The Balaban J connectivity index is 1.57. The summed E-state index contributed by atoms with van der Waals surface area (Å²) >= 11 is 0. The lowest BCUT2D eigenvalue weighted by Gasteiger charge is -2.32. The molecule has 2 aromatic rings. The van der Waals surface area contributed by atoms with Gasteiger partial charge in [0.1, 0.15) is 5.75 Å². The van der Waals surface area contributed by atoms with Gasteiger partial charge in [0, 0.05) is 24.3 Å². The van der Waals surface area contributed by atoms with Gasteiger partial charge < -0.3 is 4.74 Å². The summed E-state index contributed by atoms with van der Waals surface area (Å²) in [6.45, 7) is 7.60. The number of likely N-dealkylation sites (tertiary alicyclic amines) is 1. The van der Waals surface area contributed by atoms with Crippen LogP contribution in [-0.2, 0) is 6.54 Å². The molecular formula is C19H27N3O. The Bertz CT molecular complexity index is 627. The molecule has 4 heteroatoms. The molecule has 1 aliphatic heterocycles. The maximum absolute atomic E-state index is 5.52. The van der Waals surface area contributed by atoms with Crippen LogP contribution in [0.15, 0.2) is 36.7 Å². The van der Waals surface area contributed by atoms with Crippen molar-refractivity contribution in [2.75, 3.05) is 20.2 Å². The Morgan fingerprint density at radius 1 is 1.22 bits per heavy atom. The number of para-hydroxylation sites is 1. The Morgan fingerprint density at radius 3 is 2.61 bits per heavy atom. The molecule has 0 spiro atoms. The molecule has 124 valence electrons. The first-order chi connectivity index (χ1) is 11.2. The van der Waals surface area contributed by atoms with E-state index >= 15 is 0 Å². The van der Waals surface area contributed by atoms with E-state index in [4.69, 9.17) is 4.74 Å². The van der Waals surface area contributed by atoms with Crippen LogP contribution < -0.4 is 4.74 Å². The maximum Gasteiger partial charge on any atom is 0.122 e. The summed E-state index contributed by atoms with van der Waals surface area (Å²) in [5.41, 5.74) is 2.68. The van der Waals surface area contributed by atoms with Gasteiger partial charge in [-0.3, -0.25) is 9.58 Å². The fraction of sp³-hybridized carbons (Fsp3) is 0.526. The molecule has 3 rings (SSSR count). The van der Waals surface area contributed by atoms with Crippen molar-refractivity contribution in [1.29, 1.82) is 0 Å². The normalized spacial score (nSPS) is 16.9. The monoisotopic (exact) mass is 313 g/mol. The molecule has 0 N–H and O–H groups in total. The lowest BCUT2D eigenvalue weighted by atomic mass is 9.88. The topological polar surface area (TPSA) is 30.3 Å². The number of rotatable bonds is 5. The van der Waals surface area contributed by atoms with E-state index in [1.165, 1.54) is 24.0 Å². The fourth-order valence-corrected chi connectivity index (χ4v) is 3.41. The maximum atomic E-state index is 5.52. The molecule has 1 fully saturated rings. The van der Waals surface area contributed by atoms with Crippen molar-refractivity contribution in [1.82, 2.24) is 14.7 Å². The minimum atomic E-state index is 0.431. The van der Waals surface area contributed by atoms with Crippen molar-refractivity contribution in [2.45, 2.75) is 45.2 Å². The number of methoxy groups -OCH3 is 1. The summed E-state index contributed by atoms with van der Waals surface area (Å²) < 4.78 is 7.56. The van der Waals surface area contributed by atoms with Gasteiger partial charge in [0.15, 0.2) is 0 Å². The fourth-order valence-electron chi connectivity index (χ4n) is 3.41. The molecule has 0 bridgehead atoms. The number of nitrogens with zero attached hydrogens (tertiary/aromatic N) is 3. The molecule has 1 aliphatic rings. The highest BCUT2D eigenvalue weighted by Gasteiger charge is 2.23. The number of benzene rings is 1. The second-order valence-electron chi connectivity index (χ2n) is 6.71. The highest BCUT2D eigenvalue weighted by atomic mass is 16.5. The second-order valence-corrected chi connectivity index (χ2v) is 6.71. The third-order valence-corrected chi connectivity index (χ3v) is 4.76. The van der Waals surface area contributed by atoms with Gasteiger partial charge in [0.25, 0.3) is 0 Å². The summed E-state index contributed by atoms with van der Waals surface area (Å²) in [5.74, 6) is 1.64. The molecule has 0 unspecified atom stereocenters. The first-order valence-electron chi connectivity index (χ1n) is 8.55. The highest BCUT2D eigenvalue weighted by Crippen LogP contribution is 2.34. The van der Waals surface area contributed by atoms with Gasteiger partial charge in [-0.15, -0.1) is 0 Å². The number of ether oxygens (including phenoxy) is 1. The van der Waals surface area contributed by atoms with Crippen molar-refractivity contribution < 1.29 is 4.74 Å². The number of hydrogen-bond donors (Lipinski definition) is 0. The van der Waals surface area contributed by atoms with E-state index in [1.807, 2.05) is 16.9 Å². The van der Waals surface area contributed by atoms with E-state index in [9.17, 15) is 0 Å². The van der Waals surface area contributed by atoms with Crippen LogP contribution in [0.25, 0.3) is 0 Å². The van der Waals surface area contributed by atoms with E-state index in [1.54, 1.807) is 7.11 Å². The predicted molar refractivity (Wildman–Crippen MR) is 92.9 cm³/mol. The molecule has 23 heavy (non-hydrogen) atoms. The lowest BCUT2D eigenvalue weighted by Crippen LogP contribution is -2.32. The predicted octanol–water partition coefficient (Wildman–Crippen LogP) is 3.85. The molecule has 0 radical (unpaired) electrons. The lowest BCUT2D eigenvalue weighted by molar-refractivity contribution is 0.203. The quantitative estimate of drug-likeness (QED) is 0.840. The Morgan fingerprint density at radius 2 is 1.96 bits per heavy atom. The zero-order valence-corrected chi connectivity index (χ0v) is 14.4. The van der Waals surface area contributed by atoms with Crippen LogP contribution in [0.1, 0.15) is 49.8 Å². The summed E-state index contributed by atoms with van der Waals surface area (Å²) in [4.78, 5) is 2.54. The summed E-state index contributed by atoms with van der Waals surface area (Å²) in [6, 6.07) is 8.88. The average Bonchev–Trinajstić information content (AvgIpc) is 3.04. The molecule has 1 aromatic carbocycles. The Labute approximate surface area is 139 Å². The number of aromatic nitrogens is 2. The second kappa shape index (κ2) is 7.18. The van der Waals surface area contributed by atoms with Crippen molar-refractivity contribution in [3.8, 4) is 5.75 Å². The smallest absolute Gasteiger partial charge is 0.122 e. The highest BCUT2D eigenvalue weighted by molar-refractivity contribution is 5.36. The zero-order valence-electron chi connectivity index (χ0n) is 14.4. The zero-order chi connectivity index (χ0) is 16.2. The van der Waals surface area contributed by atoms with Crippen molar-refractivity contribution in [3.63, 3.8) is 0 Å². The van der Waals surface area contributed by atoms with Crippen LogP contribution in [0, 0.1) is 0 Å². The van der Waals surface area contributed by atoms with E-state index in [0.29, 0.717) is 12.0 Å². The van der Waals surface area contributed by atoms with Gasteiger partial charge in [-0.25, -0.2) is 0 Å². The SMILES string of the molecule is COc1ccccc1C1CCN(Cc2cnn(C(C)C)c2)CC1. The van der Waals surface area contributed by atoms with Gasteiger partial charge in [0.05, 0.1) is 13.3 Å². The van der Waals surface area contributed by atoms with Crippen molar-refractivity contribution in [3.05, 3.63) is 47.8 Å². The van der Waals surface area contributed by atoms with Gasteiger partial charge in [-0.1, -0.05) is 18.2 Å². The van der Waals surface area contributed by atoms with Crippen LogP contribution in [0.4, 0.5) is 0 Å². The largest absolute Gasteiger partial charge is 0.496 e. The van der Waals surface area contributed by atoms with Crippen molar-refractivity contribution >= 4 is 0 Å². The van der Waals surface area contributed by atoms with Gasteiger partial charge in [-0.2, -0.15) is 5.10 Å². The summed E-state index contributed by atoms with van der Waals surface area (Å²) in [7, 11) is 1.76. The van der Waals surface area contributed by atoms with Crippen LogP contribution in [0.2, 0.25) is 0 Å². The first-order valence-corrected chi connectivity index (χ1v) is 8.55. The van der Waals surface area contributed by atoms with E-state index in [-0.39, 0.29) is 0 Å². The molecule has 2 heterocycles. The molecule has 0 amide bonds. The molecule has 1 aromatic heterocycles. The Kier molecular flexibility index (Phi) is 5.01. The minimum absolute atomic E-state index is 0.431. The molecule has 0 saturated carbocycles. The van der Waals surface area contributed by atoms with Gasteiger partial charge in [0.2, 0.25) is 0 Å². The van der Waals surface area contributed by atoms with E-state index in [2.05, 4.69) is 48.2 Å². The van der Waals surface area contributed by atoms with Gasteiger partial charge in [-0.05, 0) is 57.3 Å². The van der Waals surface area contributed by atoms with Crippen LogP contribution in [0.5, 0.6) is 5.75 Å². The van der Waals surface area contributed by atoms with Crippen molar-refractivity contribution in [2.24, 2.45) is 0 Å². The third-order valence-electron chi connectivity index (χ3n) is 4.76. The minimum Gasteiger partial charge on any atom is -0.496 e. The molecular weight excluding hydrogens is 286 g/mol. The summed E-state index contributed by atoms with van der Waals surface area (Å²) in [5, 5.41) is 4.44. The summed E-state index contributed by atoms with van der Waals surface area (Å²) in [6.07, 6.45) is 6.57. The molecule has 0 atom stereocenters. The average molecular weight is 313 g/mol. The van der Waals surface area contributed by atoms with Crippen LogP contribution in [-0.4, -0.2) is 34.9 Å². The molecule has 0 aliphatic carbocycles. The third kappa shape index (κ3) is 3.75. The van der Waals surface area contributed by atoms with Crippen LogP contribution in [0.3, 0.4) is 0 Å². The van der Waals surface area contributed by atoms with E-state index < -0.39 is 0 Å². The first kappa shape index (κ1) is 16.1. The standard InChI is InChI=1S/C19H27N3O/c1-15(2)22-14-16(12-20-22)13-21-10-8-17(9-11-21)18-6-4-5-7-19(18)23-3/h4-7,12,14-15,17H,8-11,13H2,1-3H3. The number of hydrogen-bond acceptors (Lipinski definition) is 3. The van der Waals surface area contributed by atoms with Crippen LogP contribution >= 0.6 is 0 Å².